The van der Waals surface area contributed by atoms with Crippen LogP contribution in [-0.4, -0.2) is 52.5 Å². The zero-order chi connectivity index (χ0) is 26.0. The number of aromatic nitrogens is 3. The largest absolute Gasteiger partial charge is 0.431 e. The predicted molar refractivity (Wildman–Crippen MR) is 141 cm³/mol. The summed E-state index contributed by atoms with van der Waals surface area (Å²) in [7, 11) is -3.51. The molecule has 3 N–H and O–H groups in total. The molecule has 11 heteroatoms. The first kappa shape index (κ1) is 28.1. The number of hydrogen-bond donors (Lipinski definition) is 2. The van der Waals surface area contributed by atoms with Crippen LogP contribution < -0.4 is 15.3 Å². The summed E-state index contributed by atoms with van der Waals surface area (Å²) in [6.45, 7) is 9.35. The minimum atomic E-state index is -3.51. The molecule has 2 aromatic heterocycles. The van der Waals surface area contributed by atoms with E-state index in [1.807, 2.05) is 50.5 Å². The Kier molecular flexibility index (Phi) is 10.7. The predicted octanol–water partition coefficient (Wildman–Crippen LogP) is 4.81. The van der Waals surface area contributed by atoms with E-state index in [-0.39, 0.29) is 12.5 Å². The van der Waals surface area contributed by atoms with Crippen LogP contribution in [-0.2, 0) is 25.3 Å². The highest BCUT2D eigenvalue weighted by Gasteiger charge is 2.32. The third kappa shape index (κ3) is 8.01. The van der Waals surface area contributed by atoms with Crippen LogP contribution in [0.5, 0.6) is 5.75 Å². The lowest BCUT2D eigenvalue weighted by Gasteiger charge is -2.30. The van der Waals surface area contributed by atoms with E-state index >= 15 is 0 Å². The van der Waals surface area contributed by atoms with Gasteiger partial charge in [-0.25, -0.2) is 15.1 Å². The SMILES string of the molecule is CCCOC(OCCC)[C@H](C)N[P@@](=O)(CO[C@H](C)Cn1cnc2c(N)ccnc21)Oc1ccccc1. The molecule has 3 aromatic rings. The third-order valence-electron chi connectivity index (χ3n) is 5.29. The summed E-state index contributed by atoms with van der Waals surface area (Å²) in [5.41, 5.74) is 7.87. The number of benzene rings is 1. The van der Waals surface area contributed by atoms with Crippen LogP contribution in [0, 0.1) is 0 Å². The number of pyridine rings is 1. The van der Waals surface area contributed by atoms with E-state index in [1.165, 1.54) is 0 Å². The molecule has 0 bridgehead atoms. The summed E-state index contributed by atoms with van der Waals surface area (Å²) in [4.78, 5) is 8.72. The molecule has 1 aromatic carbocycles. The van der Waals surface area contributed by atoms with Gasteiger partial charge in [0.05, 0.1) is 30.7 Å². The van der Waals surface area contributed by atoms with Crippen LogP contribution in [0.4, 0.5) is 5.69 Å². The zero-order valence-electron chi connectivity index (χ0n) is 21.5. The summed E-state index contributed by atoms with van der Waals surface area (Å²) in [6, 6.07) is 10.4. The molecule has 10 nitrogen and oxygen atoms in total. The van der Waals surface area contributed by atoms with Gasteiger partial charge in [-0.2, -0.15) is 0 Å². The molecule has 0 amide bonds. The van der Waals surface area contributed by atoms with Crippen molar-refractivity contribution < 1.29 is 23.3 Å². The van der Waals surface area contributed by atoms with E-state index in [2.05, 4.69) is 15.1 Å². The van der Waals surface area contributed by atoms with E-state index in [4.69, 9.17) is 24.5 Å². The smallest absolute Gasteiger partial charge is 0.342 e. The quantitative estimate of drug-likeness (QED) is 0.203. The fourth-order valence-corrected chi connectivity index (χ4v) is 5.42. The second-order valence-electron chi connectivity index (χ2n) is 8.68. The first-order valence-corrected chi connectivity index (χ1v) is 14.2. The average molecular weight is 520 g/mol. The number of ether oxygens (including phenoxy) is 3. The van der Waals surface area contributed by atoms with Crippen LogP contribution >= 0.6 is 7.52 Å². The molecule has 0 aliphatic heterocycles. The topological polar surface area (TPSA) is 123 Å². The number of nitrogens with one attached hydrogen (secondary N) is 1. The highest BCUT2D eigenvalue weighted by molar-refractivity contribution is 7.57. The Balaban J connectivity index is 1.70. The first-order chi connectivity index (χ1) is 17.3. The van der Waals surface area contributed by atoms with Crippen LogP contribution in [0.1, 0.15) is 40.5 Å². The van der Waals surface area contributed by atoms with Gasteiger partial charge in [-0.1, -0.05) is 32.0 Å². The molecule has 2 heterocycles. The summed E-state index contributed by atoms with van der Waals surface area (Å²) >= 11 is 0. The molecule has 0 radical (unpaired) electrons. The van der Waals surface area contributed by atoms with Gasteiger partial charge < -0.3 is 29.0 Å². The monoisotopic (exact) mass is 519 g/mol. The van der Waals surface area contributed by atoms with Crippen molar-refractivity contribution in [2.24, 2.45) is 0 Å². The van der Waals surface area contributed by atoms with Crippen molar-refractivity contribution in [2.45, 2.75) is 65.5 Å². The Morgan fingerprint density at radius 3 is 2.39 bits per heavy atom. The van der Waals surface area contributed by atoms with Crippen LogP contribution in [0.3, 0.4) is 0 Å². The summed E-state index contributed by atoms with van der Waals surface area (Å²) in [5.74, 6) is 0.484. The Bertz CT molecular complexity index is 1100. The summed E-state index contributed by atoms with van der Waals surface area (Å²) in [5, 5.41) is 3.12. The summed E-state index contributed by atoms with van der Waals surface area (Å²) in [6.07, 6.45) is 4.00. The lowest BCUT2D eigenvalue weighted by molar-refractivity contribution is -0.154. The number of rotatable bonds is 16. The Hall–Kier alpha value is -2.49. The van der Waals surface area contributed by atoms with E-state index in [0.717, 1.165) is 12.8 Å². The molecule has 0 fully saturated rings. The molecule has 0 unspecified atom stereocenters. The first-order valence-electron chi connectivity index (χ1n) is 12.4. The van der Waals surface area contributed by atoms with Crippen molar-refractivity contribution >= 4 is 24.4 Å². The number of hydrogen-bond acceptors (Lipinski definition) is 8. The van der Waals surface area contributed by atoms with Gasteiger partial charge in [-0.3, -0.25) is 4.57 Å². The van der Waals surface area contributed by atoms with Gasteiger partial charge in [-0.05, 0) is 44.9 Å². The van der Waals surface area contributed by atoms with Crippen molar-refractivity contribution in [3.05, 3.63) is 48.9 Å². The maximum atomic E-state index is 14.0. The minimum absolute atomic E-state index is 0.149. The Morgan fingerprint density at radius 2 is 1.72 bits per heavy atom. The molecular weight excluding hydrogens is 481 g/mol. The number of fused-ring (bicyclic) bond motifs is 1. The highest BCUT2D eigenvalue weighted by Crippen LogP contribution is 2.44. The van der Waals surface area contributed by atoms with E-state index in [9.17, 15) is 4.57 Å². The van der Waals surface area contributed by atoms with E-state index in [0.29, 0.717) is 42.4 Å². The Morgan fingerprint density at radius 1 is 1.03 bits per heavy atom. The lowest BCUT2D eigenvalue weighted by Crippen LogP contribution is -2.41. The van der Waals surface area contributed by atoms with Gasteiger partial charge in [-0.15, -0.1) is 0 Å². The Labute approximate surface area is 213 Å². The molecule has 0 saturated heterocycles. The molecule has 0 saturated carbocycles. The van der Waals surface area contributed by atoms with Crippen molar-refractivity contribution in [1.82, 2.24) is 19.6 Å². The van der Waals surface area contributed by atoms with Gasteiger partial charge in [0.25, 0.3) is 0 Å². The molecule has 198 valence electrons. The molecule has 3 atom stereocenters. The molecule has 0 aliphatic carbocycles. The number of nitrogen functional groups attached to an aromatic ring is 1. The second kappa shape index (κ2) is 13.7. The molecule has 36 heavy (non-hydrogen) atoms. The molecule has 0 spiro atoms. The van der Waals surface area contributed by atoms with E-state index < -0.39 is 19.9 Å². The molecule has 3 rings (SSSR count). The maximum absolute atomic E-state index is 14.0. The number of nitrogens with two attached hydrogens (primary N) is 1. The molecular formula is C25H38N5O5P. The van der Waals surface area contributed by atoms with Crippen molar-refractivity contribution in [3.63, 3.8) is 0 Å². The van der Waals surface area contributed by atoms with Crippen molar-refractivity contribution in [2.75, 3.05) is 25.3 Å². The maximum Gasteiger partial charge on any atom is 0.342 e. The average Bonchev–Trinajstić information content (AvgIpc) is 3.27. The normalized spacial score (nSPS) is 15.1. The highest BCUT2D eigenvalue weighted by atomic mass is 31.2. The van der Waals surface area contributed by atoms with Crippen LogP contribution in [0.25, 0.3) is 11.2 Å². The van der Waals surface area contributed by atoms with Gasteiger partial charge in [0.2, 0.25) is 0 Å². The van der Waals surface area contributed by atoms with Crippen LogP contribution in [0.2, 0.25) is 0 Å². The minimum Gasteiger partial charge on any atom is -0.431 e. The number of para-hydroxylation sites is 1. The standard InChI is InChI=1S/C25H38N5O5P/c1-5-14-32-25(33-15-6-2)20(4)29-36(31,35-21-10-8-7-9-11-21)18-34-19(3)16-30-17-28-23-22(26)12-13-27-24(23)30/h7-13,17,19-20,25H,5-6,14-16,18H2,1-4H3,(H2,26,27)(H,29,31)/t19-,20+,36-/m1/s1. The fraction of sp³-hybridized carbons (Fsp3) is 0.520. The second-order valence-corrected chi connectivity index (χ2v) is 10.7. The molecule has 0 aliphatic rings. The van der Waals surface area contributed by atoms with Gasteiger partial charge in [0.15, 0.2) is 11.9 Å². The summed E-state index contributed by atoms with van der Waals surface area (Å²) < 4.78 is 39.6. The number of nitrogens with zero attached hydrogens (tertiary/aromatic N) is 3. The van der Waals surface area contributed by atoms with Gasteiger partial charge in [0.1, 0.15) is 17.6 Å². The number of anilines is 1. The zero-order valence-corrected chi connectivity index (χ0v) is 22.4. The van der Waals surface area contributed by atoms with Crippen LogP contribution in [0.15, 0.2) is 48.9 Å². The number of imidazole rings is 1. The van der Waals surface area contributed by atoms with Gasteiger partial charge in [0, 0.05) is 19.4 Å². The van der Waals surface area contributed by atoms with Crippen molar-refractivity contribution in [1.29, 1.82) is 0 Å². The van der Waals surface area contributed by atoms with E-state index in [1.54, 1.807) is 30.7 Å². The lowest BCUT2D eigenvalue weighted by atomic mass is 10.3. The van der Waals surface area contributed by atoms with Gasteiger partial charge >= 0.3 is 7.52 Å². The van der Waals surface area contributed by atoms with Crippen molar-refractivity contribution in [3.8, 4) is 5.75 Å². The fourth-order valence-electron chi connectivity index (χ4n) is 3.59. The third-order valence-corrected chi connectivity index (χ3v) is 7.09.